The Morgan fingerprint density at radius 1 is 0.826 bits per heavy atom. The lowest BCUT2D eigenvalue weighted by atomic mass is 9.82. The van der Waals surface area contributed by atoms with Gasteiger partial charge in [-0.3, -0.25) is 0 Å². The number of furan rings is 1. The van der Waals surface area contributed by atoms with Gasteiger partial charge >= 0.3 is 0 Å². The largest absolute Gasteiger partial charge is 0.455 e. The molecule has 0 unspecified atom stereocenters. The van der Waals surface area contributed by atoms with Crippen LogP contribution in [0.1, 0.15) is 30.5 Å². The van der Waals surface area contributed by atoms with Crippen LogP contribution in [0.15, 0.2) is 59.0 Å². The third-order valence-corrected chi connectivity index (χ3v) is 5.34. The van der Waals surface area contributed by atoms with E-state index in [2.05, 4.69) is 69.3 Å². The van der Waals surface area contributed by atoms with Gasteiger partial charge in [-0.15, -0.1) is 0 Å². The maximum absolute atomic E-state index is 6.28. The number of hydrogen-bond acceptors (Lipinski definition) is 1. The van der Waals surface area contributed by atoms with Crippen molar-refractivity contribution in [1.29, 1.82) is 0 Å². The molecule has 0 spiro atoms. The second-order valence-corrected chi connectivity index (χ2v) is 7.14. The van der Waals surface area contributed by atoms with Gasteiger partial charge in [0.1, 0.15) is 11.2 Å². The molecule has 1 aliphatic rings. The molecule has 23 heavy (non-hydrogen) atoms. The van der Waals surface area contributed by atoms with Crippen LogP contribution in [0, 0.1) is 6.92 Å². The van der Waals surface area contributed by atoms with Crippen LogP contribution in [-0.2, 0) is 5.41 Å². The van der Waals surface area contributed by atoms with Crippen molar-refractivity contribution >= 4 is 21.9 Å². The highest BCUT2D eigenvalue weighted by Gasteiger charge is 2.37. The summed E-state index contributed by atoms with van der Waals surface area (Å²) in [6.45, 7) is 6.79. The summed E-state index contributed by atoms with van der Waals surface area (Å²) in [4.78, 5) is 0. The van der Waals surface area contributed by atoms with E-state index in [1.54, 1.807) is 0 Å². The fourth-order valence-corrected chi connectivity index (χ4v) is 4.12. The number of hydrogen-bond donors (Lipinski definition) is 0. The molecule has 5 rings (SSSR count). The van der Waals surface area contributed by atoms with E-state index in [4.69, 9.17) is 4.42 Å². The molecule has 0 atom stereocenters. The Labute approximate surface area is 135 Å². The lowest BCUT2D eigenvalue weighted by Crippen LogP contribution is -2.14. The van der Waals surface area contributed by atoms with Gasteiger partial charge in [-0.25, -0.2) is 0 Å². The second-order valence-electron chi connectivity index (χ2n) is 7.14. The summed E-state index contributed by atoms with van der Waals surface area (Å²) in [5.74, 6) is 0. The fourth-order valence-electron chi connectivity index (χ4n) is 4.12. The smallest absolute Gasteiger partial charge is 0.143 e. The first-order valence-corrected chi connectivity index (χ1v) is 8.13. The fraction of sp³-hybridized carbons (Fsp3) is 0.182. The normalized spacial score (nSPS) is 15.1. The van der Waals surface area contributed by atoms with Gasteiger partial charge in [-0.05, 0) is 29.7 Å². The molecule has 1 heteroatoms. The van der Waals surface area contributed by atoms with Crippen molar-refractivity contribution in [2.45, 2.75) is 26.2 Å². The lowest BCUT2D eigenvalue weighted by Gasteiger charge is -2.21. The van der Waals surface area contributed by atoms with Crippen LogP contribution in [-0.4, -0.2) is 0 Å². The van der Waals surface area contributed by atoms with Crippen LogP contribution in [0.4, 0.5) is 0 Å². The van der Waals surface area contributed by atoms with Crippen LogP contribution in [0.25, 0.3) is 33.1 Å². The molecule has 0 radical (unpaired) electrons. The van der Waals surface area contributed by atoms with Gasteiger partial charge in [-0.2, -0.15) is 0 Å². The van der Waals surface area contributed by atoms with Crippen molar-refractivity contribution < 1.29 is 4.42 Å². The first-order valence-electron chi connectivity index (χ1n) is 8.13. The number of para-hydroxylation sites is 1. The molecule has 0 bridgehead atoms. The average Bonchev–Trinajstić information content (AvgIpc) is 3.02. The third-order valence-electron chi connectivity index (χ3n) is 5.34. The Hall–Kier alpha value is -2.54. The SMILES string of the molecule is Cc1ccc2c(c1)C(C)(C)c1ccc3c(oc4ccccc43)c1-2. The van der Waals surface area contributed by atoms with E-state index in [1.807, 2.05) is 6.07 Å². The molecule has 0 saturated heterocycles. The minimum Gasteiger partial charge on any atom is -0.455 e. The van der Waals surface area contributed by atoms with E-state index in [0.29, 0.717) is 0 Å². The summed E-state index contributed by atoms with van der Waals surface area (Å²) in [5.41, 5.74) is 8.69. The van der Waals surface area contributed by atoms with Gasteiger partial charge < -0.3 is 4.42 Å². The van der Waals surface area contributed by atoms with E-state index in [9.17, 15) is 0 Å². The topological polar surface area (TPSA) is 13.1 Å². The molecule has 0 amide bonds. The predicted molar refractivity (Wildman–Crippen MR) is 96.0 cm³/mol. The van der Waals surface area contributed by atoms with Gasteiger partial charge in [-0.1, -0.05) is 67.9 Å². The van der Waals surface area contributed by atoms with Crippen molar-refractivity contribution in [2.24, 2.45) is 0 Å². The molecule has 0 aliphatic heterocycles. The number of aryl methyl sites for hydroxylation is 1. The molecule has 0 fully saturated rings. The predicted octanol–water partition coefficient (Wildman–Crippen LogP) is 6.20. The van der Waals surface area contributed by atoms with Crippen LogP contribution in [0.5, 0.6) is 0 Å². The Kier molecular flexibility index (Phi) is 2.28. The van der Waals surface area contributed by atoms with E-state index in [0.717, 1.165) is 11.2 Å². The molecule has 4 aromatic rings. The lowest BCUT2D eigenvalue weighted by molar-refractivity contribution is 0.653. The molecule has 1 heterocycles. The van der Waals surface area contributed by atoms with Crippen LogP contribution < -0.4 is 0 Å². The van der Waals surface area contributed by atoms with Crippen LogP contribution in [0.2, 0.25) is 0 Å². The molecular weight excluding hydrogens is 280 g/mol. The molecule has 3 aromatic carbocycles. The maximum atomic E-state index is 6.28. The summed E-state index contributed by atoms with van der Waals surface area (Å²) >= 11 is 0. The third kappa shape index (κ3) is 1.52. The number of benzene rings is 3. The summed E-state index contributed by atoms with van der Waals surface area (Å²) in [5, 5.41) is 2.41. The minimum atomic E-state index is 0.0177. The zero-order valence-corrected chi connectivity index (χ0v) is 13.6. The highest BCUT2D eigenvalue weighted by atomic mass is 16.3. The summed E-state index contributed by atoms with van der Waals surface area (Å²) in [7, 11) is 0. The summed E-state index contributed by atoms with van der Waals surface area (Å²) in [6, 6.07) is 19.6. The Balaban J connectivity index is 1.99. The molecule has 1 aliphatic carbocycles. The van der Waals surface area contributed by atoms with E-state index in [-0.39, 0.29) is 5.41 Å². The first kappa shape index (κ1) is 13.0. The highest BCUT2D eigenvalue weighted by Crippen LogP contribution is 2.52. The summed E-state index contributed by atoms with van der Waals surface area (Å²) < 4.78 is 6.28. The van der Waals surface area contributed by atoms with Crippen molar-refractivity contribution in [2.75, 3.05) is 0 Å². The van der Waals surface area contributed by atoms with E-state index < -0.39 is 0 Å². The molecular formula is C22H18O. The van der Waals surface area contributed by atoms with Gasteiger partial charge in [0.2, 0.25) is 0 Å². The molecule has 0 N–H and O–H groups in total. The number of fused-ring (bicyclic) bond motifs is 7. The van der Waals surface area contributed by atoms with Gasteiger partial charge in [0, 0.05) is 21.8 Å². The highest BCUT2D eigenvalue weighted by molar-refractivity contribution is 6.11. The monoisotopic (exact) mass is 298 g/mol. The zero-order valence-electron chi connectivity index (χ0n) is 13.6. The van der Waals surface area contributed by atoms with Gasteiger partial charge in [0.05, 0.1) is 0 Å². The van der Waals surface area contributed by atoms with Gasteiger partial charge in [0.15, 0.2) is 0 Å². The van der Waals surface area contributed by atoms with Crippen molar-refractivity contribution in [3.05, 3.63) is 71.3 Å². The molecule has 0 saturated carbocycles. The average molecular weight is 298 g/mol. The standard InChI is InChI=1S/C22H18O/c1-13-8-9-16-18(12-13)22(2,3)17-11-10-15-14-6-4-5-7-19(14)23-21(15)20(16)17/h4-12H,1-3H3. The molecule has 1 nitrogen and oxygen atoms in total. The quantitative estimate of drug-likeness (QED) is 0.376. The molecule has 112 valence electrons. The van der Waals surface area contributed by atoms with Gasteiger partial charge in [0.25, 0.3) is 0 Å². The zero-order chi connectivity index (χ0) is 15.8. The first-order chi connectivity index (χ1) is 11.1. The number of rotatable bonds is 0. The van der Waals surface area contributed by atoms with Crippen LogP contribution in [0.3, 0.4) is 0 Å². The Morgan fingerprint density at radius 2 is 1.65 bits per heavy atom. The second kappa shape index (κ2) is 4.05. The Morgan fingerprint density at radius 3 is 2.52 bits per heavy atom. The summed E-state index contributed by atoms with van der Waals surface area (Å²) in [6.07, 6.45) is 0. The van der Waals surface area contributed by atoms with E-state index in [1.165, 1.54) is 38.6 Å². The maximum Gasteiger partial charge on any atom is 0.143 e. The minimum absolute atomic E-state index is 0.0177. The van der Waals surface area contributed by atoms with Crippen LogP contribution >= 0.6 is 0 Å². The van der Waals surface area contributed by atoms with Crippen molar-refractivity contribution in [3.63, 3.8) is 0 Å². The van der Waals surface area contributed by atoms with Crippen molar-refractivity contribution in [3.8, 4) is 11.1 Å². The van der Waals surface area contributed by atoms with Crippen molar-refractivity contribution in [1.82, 2.24) is 0 Å². The molecule has 1 aromatic heterocycles. The van der Waals surface area contributed by atoms with E-state index >= 15 is 0 Å². The Bertz CT molecular complexity index is 1100.